The Balaban J connectivity index is 1.38. The van der Waals surface area contributed by atoms with Crippen molar-refractivity contribution >= 4 is 35.1 Å². The van der Waals surface area contributed by atoms with Gasteiger partial charge in [-0.2, -0.15) is 8.78 Å². The molecule has 0 atom stereocenters. The molecule has 1 N–H and O–H groups in total. The van der Waals surface area contributed by atoms with Gasteiger partial charge in [0.2, 0.25) is 17.6 Å². The lowest BCUT2D eigenvalue weighted by atomic mass is 10.2. The fourth-order valence-corrected chi connectivity index (χ4v) is 3.28. The lowest BCUT2D eigenvalue weighted by molar-refractivity contribution is 0.0991. The lowest BCUT2D eigenvalue weighted by Crippen LogP contribution is -2.12. The summed E-state index contributed by atoms with van der Waals surface area (Å²) in [7, 11) is 0. The van der Waals surface area contributed by atoms with E-state index in [2.05, 4.69) is 15.4 Å². The Labute approximate surface area is 198 Å². The predicted molar refractivity (Wildman–Crippen MR) is 113 cm³/mol. The summed E-state index contributed by atoms with van der Waals surface area (Å²) in [6.07, 6.45) is 1.38. The van der Waals surface area contributed by atoms with Crippen LogP contribution in [0.3, 0.4) is 0 Å². The van der Waals surface area contributed by atoms with Crippen molar-refractivity contribution in [2.45, 2.75) is 13.2 Å². The van der Waals surface area contributed by atoms with Gasteiger partial charge in [0.1, 0.15) is 18.7 Å². The van der Waals surface area contributed by atoms with Gasteiger partial charge < -0.3 is 9.15 Å². The molecule has 4 aromatic rings. The van der Waals surface area contributed by atoms with Crippen LogP contribution >= 0.6 is 23.2 Å². The molecule has 2 aromatic heterocycles. The second-order valence-corrected chi connectivity index (χ2v) is 7.65. The third kappa shape index (κ3) is 5.15. The van der Waals surface area contributed by atoms with Crippen LogP contribution in [-0.4, -0.2) is 20.7 Å². The predicted octanol–water partition coefficient (Wildman–Crippen LogP) is 5.61. The highest BCUT2D eigenvalue weighted by Gasteiger charge is 2.21. The maximum atomic E-state index is 13.7. The molecule has 0 aliphatic heterocycles. The normalized spacial score (nSPS) is 11.0. The first-order valence-electron chi connectivity index (χ1n) is 9.40. The first kappa shape index (κ1) is 23.6. The van der Waals surface area contributed by atoms with Crippen molar-refractivity contribution in [2.24, 2.45) is 0 Å². The first-order valence-corrected chi connectivity index (χ1v) is 10.2. The number of ether oxygens (including phenoxy) is 1. The molecule has 13 heteroatoms. The van der Waals surface area contributed by atoms with Crippen LogP contribution in [0.4, 0.5) is 23.5 Å². The Morgan fingerprint density at radius 2 is 1.79 bits per heavy atom. The van der Waals surface area contributed by atoms with Crippen LogP contribution in [0, 0.1) is 23.3 Å². The van der Waals surface area contributed by atoms with Gasteiger partial charge in [0.05, 0.1) is 6.54 Å². The van der Waals surface area contributed by atoms with Gasteiger partial charge in [0.15, 0.2) is 23.1 Å². The molecule has 0 aliphatic rings. The number of carbonyl (C=O) groups is 1. The average molecular weight is 515 g/mol. The van der Waals surface area contributed by atoms with Crippen LogP contribution in [0.1, 0.15) is 21.9 Å². The first-order chi connectivity index (χ1) is 16.2. The fraction of sp³-hybridized carbons (Fsp3) is 0.0952. The summed E-state index contributed by atoms with van der Waals surface area (Å²) < 4.78 is 65.3. The summed E-state index contributed by atoms with van der Waals surface area (Å²) in [6.45, 7) is -0.326. The quantitative estimate of drug-likeness (QED) is 0.256. The van der Waals surface area contributed by atoms with Gasteiger partial charge in [-0.25, -0.2) is 18.4 Å². The second-order valence-electron chi connectivity index (χ2n) is 6.81. The molecule has 4 rings (SSSR count). The van der Waals surface area contributed by atoms with Gasteiger partial charge in [-0.3, -0.25) is 10.1 Å². The summed E-state index contributed by atoms with van der Waals surface area (Å²) >= 11 is 12.0. The second kappa shape index (κ2) is 9.74. The Kier molecular flexibility index (Phi) is 6.75. The number of carbonyl (C=O) groups excluding carboxylic acids is 1. The molecule has 176 valence electrons. The highest BCUT2D eigenvalue weighted by atomic mass is 35.5. The van der Waals surface area contributed by atoms with E-state index in [9.17, 15) is 22.4 Å². The van der Waals surface area contributed by atoms with Gasteiger partial charge in [0, 0.05) is 16.1 Å². The molecule has 0 saturated carbocycles. The largest absolute Gasteiger partial charge is 0.479 e. The Hall–Kier alpha value is -3.57. The molecule has 0 aliphatic carbocycles. The van der Waals surface area contributed by atoms with Crippen LogP contribution in [0.2, 0.25) is 10.0 Å². The van der Waals surface area contributed by atoms with E-state index in [0.29, 0.717) is 10.0 Å². The zero-order valence-electron chi connectivity index (χ0n) is 16.8. The summed E-state index contributed by atoms with van der Waals surface area (Å²) in [4.78, 5) is 16.3. The van der Waals surface area contributed by atoms with Gasteiger partial charge in [0.25, 0.3) is 5.91 Å². The van der Waals surface area contributed by atoms with Gasteiger partial charge in [-0.15, -0.1) is 5.10 Å². The van der Waals surface area contributed by atoms with E-state index < -0.39 is 41.5 Å². The van der Waals surface area contributed by atoms with Crippen molar-refractivity contribution in [3.8, 4) is 5.75 Å². The molecule has 0 radical (unpaired) electrons. The lowest BCUT2D eigenvalue weighted by Gasteiger charge is -2.08. The van der Waals surface area contributed by atoms with Crippen LogP contribution in [0.5, 0.6) is 5.75 Å². The molecule has 0 fully saturated rings. The fourth-order valence-electron chi connectivity index (χ4n) is 2.81. The molecule has 2 aromatic carbocycles. The Morgan fingerprint density at radius 3 is 2.50 bits per heavy atom. The number of benzene rings is 2. The number of amides is 1. The minimum absolute atomic E-state index is 0.0244. The van der Waals surface area contributed by atoms with Crippen molar-refractivity contribution in [3.05, 3.63) is 93.1 Å². The number of halogens is 6. The SMILES string of the molecule is O=C(Nc1ncn(Cc2ccc(Cl)cc2Cl)n1)c1ccc(COc2c(F)c(F)cc(F)c2F)o1. The van der Waals surface area contributed by atoms with Gasteiger partial charge in [-0.05, 0) is 29.8 Å². The summed E-state index contributed by atoms with van der Waals surface area (Å²) in [5.74, 6) is -8.82. The minimum Gasteiger partial charge on any atom is -0.479 e. The highest BCUT2D eigenvalue weighted by Crippen LogP contribution is 2.27. The number of hydrogen-bond acceptors (Lipinski definition) is 5. The third-order valence-corrected chi connectivity index (χ3v) is 5.01. The molecule has 0 bridgehead atoms. The minimum atomic E-state index is -1.69. The van der Waals surface area contributed by atoms with E-state index in [-0.39, 0.29) is 30.1 Å². The van der Waals surface area contributed by atoms with E-state index in [1.54, 1.807) is 18.2 Å². The zero-order chi connectivity index (χ0) is 24.4. The summed E-state index contributed by atoms with van der Waals surface area (Å²) in [5, 5.41) is 7.47. The molecule has 34 heavy (non-hydrogen) atoms. The van der Waals surface area contributed by atoms with Crippen molar-refractivity contribution in [2.75, 3.05) is 5.32 Å². The smallest absolute Gasteiger partial charge is 0.293 e. The van der Waals surface area contributed by atoms with Crippen molar-refractivity contribution < 1.29 is 31.5 Å². The van der Waals surface area contributed by atoms with Crippen LogP contribution < -0.4 is 10.1 Å². The standard InChI is InChI=1S/C21H12Cl2F4N4O3/c22-11-2-1-10(13(23)5-11)7-31-9-28-21(30-31)29-20(32)16-4-3-12(34-16)8-33-19-17(26)14(24)6-15(25)18(19)27/h1-6,9H,7-8H2,(H,29,30,32). The molecule has 2 heterocycles. The number of hydrogen-bond donors (Lipinski definition) is 1. The molecule has 0 saturated heterocycles. The van der Waals surface area contributed by atoms with E-state index in [1.807, 2.05) is 0 Å². The highest BCUT2D eigenvalue weighted by molar-refractivity contribution is 6.35. The molecule has 0 spiro atoms. The molecular formula is C21H12Cl2F4N4O3. The van der Waals surface area contributed by atoms with Crippen LogP contribution in [-0.2, 0) is 13.2 Å². The molecule has 0 unspecified atom stereocenters. The molecular weight excluding hydrogens is 503 g/mol. The number of nitrogens with one attached hydrogen (secondary N) is 1. The van der Waals surface area contributed by atoms with Crippen LogP contribution in [0.15, 0.2) is 47.1 Å². The molecule has 7 nitrogen and oxygen atoms in total. The number of aromatic nitrogens is 3. The van der Waals surface area contributed by atoms with Gasteiger partial charge >= 0.3 is 0 Å². The number of nitrogens with zero attached hydrogens (tertiary/aromatic N) is 3. The van der Waals surface area contributed by atoms with Crippen molar-refractivity contribution in [1.29, 1.82) is 0 Å². The third-order valence-electron chi connectivity index (χ3n) is 4.42. The number of rotatable bonds is 7. The van der Waals surface area contributed by atoms with Crippen molar-refractivity contribution in [1.82, 2.24) is 14.8 Å². The number of anilines is 1. The Morgan fingerprint density at radius 1 is 1.06 bits per heavy atom. The Bertz CT molecular complexity index is 1350. The average Bonchev–Trinajstić information content (AvgIpc) is 3.44. The van der Waals surface area contributed by atoms with Crippen LogP contribution in [0.25, 0.3) is 0 Å². The molecule has 1 amide bonds. The van der Waals surface area contributed by atoms with E-state index in [1.165, 1.54) is 23.1 Å². The monoisotopic (exact) mass is 514 g/mol. The summed E-state index contributed by atoms with van der Waals surface area (Å²) in [5.41, 5.74) is 0.732. The summed E-state index contributed by atoms with van der Waals surface area (Å²) in [6, 6.07) is 7.60. The number of furan rings is 1. The maximum Gasteiger partial charge on any atom is 0.293 e. The van der Waals surface area contributed by atoms with Crippen molar-refractivity contribution in [3.63, 3.8) is 0 Å². The van der Waals surface area contributed by atoms with E-state index in [4.69, 9.17) is 32.4 Å². The van der Waals surface area contributed by atoms with Gasteiger partial charge in [-0.1, -0.05) is 29.3 Å². The topological polar surface area (TPSA) is 82.2 Å². The maximum absolute atomic E-state index is 13.7. The van der Waals surface area contributed by atoms with E-state index in [0.717, 1.165) is 5.56 Å². The van der Waals surface area contributed by atoms with E-state index >= 15 is 0 Å². The zero-order valence-corrected chi connectivity index (χ0v) is 18.3.